The van der Waals surface area contributed by atoms with Crippen LogP contribution in [0.4, 0.5) is 0 Å². The molecule has 4 nitrogen and oxygen atoms in total. The van der Waals surface area contributed by atoms with Crippen LogP contribution in [-0.2, 0) is 6.54 Å². The largest absolute Gasteiger partial charge is 0.481 e. The van der Waals surface area contributed by atoms with Crippen molar-refractivity contribution in [1.82, 2.24) is 10.3 Å². The van der Waals surface area contributed by atoms with Gasteiger partial charge in [0.1, 0.15) is 0 Å². The molecule has 0 amide bonds. The Bertz CT molecular complexity index is 325. The van der Waals surface area contributed by atoms with Crippen LogP contribution in [0.1, 0.15) is 31.9 Å². The monoisotopic (exact) mass is 252 g/mol. The molecule has 0 saturated heterocycles. The average Bonchev–Trinajstić information content (AvgIpc) is 2.39. The lowest BCUT2D eigenvalue weighted by atomic mass is 10.0. The minimum atomic E-state index is 0.268. The highest BCUT2D eigenvalue weighted by Gasteiger charge is 2.06. The Kier molecular flexibility index (Phi) is 7.37. The molecule has 18 heavy (non-hydrogen) atoms. The second kappa shape index (κ2) is 8.89. The Balaban J connectivity index is 2.34. The summed E-state index contributed by atoms with van der Waals surface area (Å²) in [5.74, 6) is 1.19. The molecule has 2 N–H and O–H groups in total. The Morgan fingerprint density at radius 3 is 2.89 bits per heavy atom. The molecule has 4 heteroatoms. The van der Waals surface area contributed by atoms with Gasteiger partial charge in [0.15, 0.2) is 0 Å². The standard InChI is InChI=1S/C14H24N2O2/c1-3-5-12(8-9-17)10-15-11-13-6-4-7-14(16-13)18-2/h4,6-7,12,15,17H,3,5,8-11H2,1-2H3. The van der Waals surface area contributed by atoms with Crippen LogP contribution in [0.15, 0.2) is 18.2 Å². The predicted octanol–water partition coefficient (Wildman–Crippen LogP) is 1.98. The first-order valence-electron chi connectivity index (χ1n) is 6.61. The number of nitrogens with one attached hydrogen (secondary N) is 1. The maximum absolute atomic E-state index is 8.99. The van der Waals surface area contributed by atoms with Crippen molar-refractivity contribution >= 4 is 0 Å². The van der Waals surface area contributed by atoms with Crippen molar-refractivity contribution in [2.45, 2.75) is 32.7 Å². The quantitative estimate of drug-likeness (QED) is 0.705. The highest BCUT2D eigenvalue weighted by atomic mass is 16.5. The number of methoxy groups -OCH3 is 1. The zero-order valence-electron chi connectivity index (χ0n) is 11.4. The Labute approximate surface area is 109 Å². The summed E-state index contributed by atoms with van der Waals surface area (Å²) in [6, 6.07) is 5.77. The summed E-state index contributed by atoms with van der Waals surface area (Å²) in [5.41, 5.74) is 0.980. The Morgan fingerprint density at radius 1 is 1.39 bits per heavy atom. The molecule has 0 aliphatic carbocycles. The maximum Gasteiger partial charge on any atom is 0.213 e. The van der Waals surface area contributed by atoms with E-state index in [2.05, 4.69) is 17.2 Å². The summed E-state index contributed by atoms with van der Waals surface area (Å²) >= 11 is 0. The number of aromatic nitrogens is 1. The van der Waals surface area contributed by atoms with Crippen molar-refractivity contribution in [2.75, 3.05) is 20.3 Å². The minimum Gasteiger partial charge on any atom is -0.481 e. The zero-order chi connectivity index (χ0) is 13.2. The summed E-state index contributed by atoms with van der Waals surface area (Å²) in [6.45, 7) is 4.11. The maximum atomic E-state index is 8.99. The number of hydrogen-bond acceptors (Lipinski definition) is 4. The van der Waals surface area contributed by atoms with E-state index in [0.717, 1.165) is 38.0 Å². The molecular formula is C14H24N2O2. The first-order valence-corrected chi connectivity index (χ1v) is 6.61. The summed E-state index contributed by atoms with van der Waals surface area (Å²) in [4.78, 5) is 4.35. The van der Waals surface area contributed by atoms with Gasteiger partial charge in [0.25, 0.3) is 0 Å². The number of aliphatic hydroxyl groups is 1. The van der Waals surface area contributed by atoms with Gasteiger partial charge >= 0.3 is 0 Å². The highest BCUT2D eigenvalue weighted by Crippen LogP contribution is 2.10. The van der Waals surface area contributed by atoms with Crippen LogP contribution < -0.4 is 10.1 Å². The number of aliphatic hydroxyl groups excluding tert-OH is 1. The molecule has 1 aromatic rings. The third kappa shape index (κ3) is 5.47. The lowest BCUT2D eigenvalue weighted by molar-refractivity contribution is 0.248. The van der Waals surface area contributed by atoms with E-state index in [9.17, 15) is 0 Å². The smallest absolute Gasteiger partial charge is 0.213 e. The second-order valence-electron chi connectivity index (χ2n) is 4.47. The van der Waals surface area contributed by atoms with Gasteiger partial charge in [-0.05, 0) is 31.4 Å². The average molecular weight is 252 g/mol. The molecule has 1 unspecified atom stereocenters. The third-order valence-corrected chi connectivity index (χ3v) is 2.96. The van der Waals surface area contributed by atoms with Crippen molar-refractivity contribution in [1.29, 1.82) is 0 Å². The van der Waals surface area contributed by atoms with Gasteiger partial charge in [0.2, 0.25) is 5.88 Å². The van der Waals surface area contributed by atoms with E-state index in [1.165, 1.54) is 0 Å². The van der Waals surface area contributed by atoms with Crippen molar-refractivity contribution in [2.24, 2.45) is 5.92 Å². The van der Waals surface area contributed by atoms with Crippen molar-refractivity contribution < 1.29 is 9.84 Å². The molecule has 1 aromatic heterocycles. The van der Waals surface area contributed by atoms with Crippen LogP contribution in [0.25, 0.3) is 0 Å². The van der Waals surface area contributed by atoms with E-state index < -0.39 is 0 Å². The molecular weight excluding hydrogens is 228 g/mol. The van der Waals surface area contributed by atoms with Crippen LogP contribution in [-0.4, -0.2) is 30.4 Å². The molecule has 0 aliphatic rings. The summed E-state index contributed by atoms with van der Waals surface area (Å²) < 4.78 is 5.09. The summed E-state index contributed by atoms with van der Waals surface area (Å²) in [5, 5.41) is 12.4. The van der Waals surface area contributed by atoms with E-state index in [1.807, 2.05) is 18.2 Å². The zero-order valence-corrected chi connectivity index (χ0v) is 11.4. The first kappa shape index (κ1) is 14.9. The van der Waals surface area contributed by atoms with Crippen molar-refractivity contribution in [3.8, 4) is 5.88 Å². The van der Waals surface area contributed by atoms with Crippen LogP contribution in [0.3, 0.4) is 0 Å². The fourth-order valence-electron chi connectivity index (χ4n) is 2.01. The molecule has 1 rings (SSSR count). The fraction of sp³-hybridized carbons (Fsp3) is 0.643. The van der Waals surface area contributed by atoms with Gasteiger partial charge in [-0.25, -0.2) is 4.98 Å². The van der Waals surface area contributed by atoms with Crippen LogP contribution in [0, 0.1) is 5.92 Å². The van der Waals surface area contributed by atoms with Crippen LogP contribution >= 0.6 is 0 Å². The lowest BCUT2D eigenvalue weighted by Crippen LogP contribution is -2.23. The first-order chi connectivity index (χ1) is 8.80. The van der Waals surface area contributed by atoms with Crippen LogP contribution in [0.2, 0.25) is 0 Å². The Hall–Kier alpha value is -1.13. The molecule has 0 aromatic carbocycles. The molecule has 0 bridgehead atoms. The molecule has 0 fully saturated rings. The van der Waals surface area contributed by atoms with E-state index in [0.29, 0.717) is 11.8 Å². The third-order valence-electron chi connectivity index (χ3n) is 2.96. The number of ether oxygens (including phenoxy) is 1. The van der Waals surface area contributed by atoms with E-state index in [1.54, 1.807) is 7.11 Å². The number of nitrogens with zero attached hydrogens (tertiary/aromatic N) is 1. The van der Waals surface area contributed by atoms with E-state index in [-0.39, 0.29) is 6.61 Å². The van der Waals surface area contributed by atoms with Gasteiger partial charge in [-0.15, -0.1) is 0 Å². The molecule has 0 radical (unpaired) electrons. The molecule has 1 heterocycles. The molecule has 102 valence electrons. The van der Waals surface area contributed by atoms with E-state index >= 15 is 0 Å². The molecule has 0 spiro atoms. The van der Waals surface area contributed by atoms with E-state index in [4.69, 9.17) is 9.84 Å². The predicted molar refractivity (Wildman–Crippen MR) is 72.6 cm³/mol. The van der Waals surface area contributed by atoms with Crippen molar-refractivity contribution in [3.05, 3.63) is 23.9 Å². The SMILES string of the molecule is CCCC(CCO)CNCc1cccc(OC)n1. The molecule has 1 atom stereocenters. The number of rotatable bonds is 9. The summed E-state index contributed by atoms with van der Waals surface area (Å²) in [7, 11) is 1.62. The van der Waals surface area contributed by atoms with Crippen molar-refractivity contribution in [3.63, 3.8) is 0 Å². The van der Waals surface area contributed by atoms with Gasteiger partial charge in [0, 0.05) is 19.2 Å². The Morgan fingerprint density at radius 2 is 2.22 bits per heavy atom. The summed E-state index contributed by atoms with van der Waals surface area (Å²) in [6.07, 6.45) is 3.18. The molecule has 0 aliphatic heterocycles. The number of hydrogen-bond donors (Lipinski definition) is 2. The van der Waals surface area contributed by atoms with Gasteiger partial charge in [-0.1, -0.05) is 19.4 Å². The topological polar surface area (TPSA) is 54.4 Å². The normalized spacial score (nSPS) is 12.4. The van der Waals surface area contributed by atoms with Gasteiger partial charge in [0.05, 0.1) is 12.8 Å². The van der Waals surface area contributed by atoms with Gasteiger partial charge in [-0.3, -0.25) is 0 Å². The lowest BCUT2D eigenvalue weighted by Gasteiger charge is -2.15. The van der Waals surface area contributed by atoms with Gasteiger partial charge in [-0.2, -0.15) is 0 Å². The molecule has 0 saturated carbocycles. The highest BCUT2D eigenvalue weighted by molar-refractivity contribution is 5.15. The number of pyridine rings is 1. The van der Waals surface area contributed by atoms with Gasteiger partial charge < -0.3 is 15.2 Å². The van der Waals surface area contributed by atoms with Crippen LogP contribution in [0.5, 0.6) is 5.88 Å². The minimum absolute atomic E-state index is 0.268. The second-order valence-corrected chi connectivity index (χ2v) is 4.47. The fourth-order valence-corrected chi connectivity index (χ4v) is 2.01.